The zero-order valence-electron chi connectivity index (χ0n) is 10.00. The number of amidine groups is 1. The third kappa shape index (κ3) is 2.41. The molecule has 0 saturated carbocycles. The van der Waals surface area contributed by atoms with Crippen LogP contribution >= 0.6 is 0 Å². The first-order chi connectivity index (χ1) is 8.61. The second kappa shape index (κ2) is 5.01. The quantitative estimate of drug-likeness (QED) is 0.781. The Hall–Kier alpha value is -2.14. The molecule has 5 nitrogen and oxygen atoms in total. The van der Waals surface area contributed by atoms with Crippen molar-refractivity contribution in [2.24, 2.45) is 4.99 Å². The van der Waals surface area contributed by atoms with Crippen molar-refractivity contribution in [2.45, 2.75) is 6.42 Å². The predicted molar refractivity (Wildman–Crippen MR) is 68.0 cm³/mol. The summed E-state index contributed by atoms with van der Waals surface area (Å²) in [5, 5.41) is 18.0. The highest BCUT2D eigenvalue weighted by molar-refractivity contribution is 6.14. The number of aliphatic imine (C=N–C) groups is 1. The topological polar surface area (TPSA) is 73.1 Å². The minimum Gasteiger partial charge on any atom is -0.508 e. The van der Waals surface area contributed by atoms with Gasteiger partial charge in [0.2, 0.25) is 0 Å². The van der Waals surface area contributed by atoms with Crippen molar-refractivity contribution in [3.8, 4) is 5.75 Å². The molecule has 1 heterocycles. The highest BCUT2D eigenvalue weighted by Crippen LogP contribution is 2.19. The molecule has 5 heteroatoms. The van der Waals surface area contributed by atoms with E-state index in [0.717, 1.165) is 5.56 Å². The lowest BCUT2D eigenvalue weighted by Gasteiger charge is -2.09. The smallest absolute Gasteiger partial charge is 0.277 e. The van der Waals surface area contributed by atoms with Gasteiger partial charge in [-0.3, -0.25) is 9.69 Å². The number of rotatable bonds is 3. The van der Waals surface area contributed by atoms with E-state index in [4.69, 9.17) is 5.11 Å². The van der Waals surface area contributed by atoms with Crippen LogP contribution < -0.4 is 0 Å². The van der Waals surface area contributed by atoms with E-state index in [0.29, 0.717) is 18.0 Å². The van der Waals surface area contributed by atoms with Crippen molar-refractivity contribution < 1.29 is 15.0 Å². The number of hydrogen-bond acceptors (Lipinski definition) is 4. The molecule has 0 fully saturated rings. The van der Waals surface area contributed by atoms with Crippen LogP contribution in [-0.2, 0) is 4.79 Å². The lowest BCUT2D eigenvalue weighted by atomic mass is 10.2. The van der Waals surface area contributed by atoms with Crippen molar-refractivity contribution >= 4 is 17.8 Å². The first-order valence-corrected chi connectivity index (χ1v) is 5.59. The number of amides is 1. The van der Waals surface area contributed by atoms with E-state index in [9.17, 15) is 9.90 Å². The summed E-state index contributed by atoms with van der Waals surface area (Å²) in [4.78, 5) is 17.5. The van der Waals surface area contributed by atoms with Gasteiger partial charge in [-0.2, -0.15) is 0 Å². The highest BCUT2D eigenvalue weighted by atomic mass is 16.3. The summed E-state index contributed by atoms with van der Waals surface area (Å²) in [6.07, 6.45) is 2.01. The van der Waals surface area contributed by atoms with Crippen LogP contribution in [0.5, 0.6) is 5.75 Å². The third-order valence-corrected chi connectivity index (χ3v) is 2.69. The van der Waals surface area contributed by atoms with Crippen LogP contribution in [0.25, 0.3) is 6.08 Å². The molecule has 0 aromatic heterocycles. The summed E-state index contributed by atoms with van der Waals surface area (Å²) in [5.41, 5.74) is 1.13. The number of phenolic OH excluding ortho intramolecular Hbond substituents is 1. The zero-order chi connectivity index (χ0) is 13.1. The molecule has 0 saturated heterocycles. The number of benzene rings is 1. The Morgan fingerprint density at radius 1 is 1.33 bits per heavy atom. The van der Waals surface area contributed by atoms with Gasteiger partial charge in [-0.25, -0.2) is 4.99 Å². The Kier molecular flexibility index (Phi) is 3.43. The van der Waals surface area contributed by atoms with Gasteiger partial charge in [-0.05, 0) is 23.8 Å². The second-order valence-corrected chi connectivity index (χ2v) is 3.99. The second-order valence-electron chi connectivity index (χ2n) is 3.99. The molecule has 2 rings (SSSR count). The Labute approximate surface area is 105 Å². The third-order valence-electron chi connectivity index (χ3n) is 2.69. The van der Waals surface area contributed by atoms with Crippen molar-refractivity contribution in [2.75, 3.05) is 13.7 Å². The van der Waals surface area contributed by atoms with Crippen LogP contribution in [0.2, 0.25) is 0 Å². The molecule has 2 N–H and O–H groups in total. The predicted octanol–water partition coefficient (Wildman–Crippen LogP) is 0.986. The lowest BCUT2D eigenvalue weighted by molar-refractivity contribution is -0.121. The lowest BCUT2D eigenvalue weighted by Crippen LogP contribution is -2.28. The molecule has 1 aliphatic rings. The van der Waals surface area contributed by atoms with Gasteiger partial charge in [0.25, 0.3) is 5.91 Å². The zero-order valence-corrected chi connectivity index (χ0v) is 10.00. The van der Waals surface area contributed by atoms with Crippen LogP contribution in [0.1, 0.15) is 12.0 Å². The van der Waals surface area contributed by atoms with Crippen molar-refractivity contribution in [1.82, 2.24) is 4.90 Å². The van der Waals surface area contributed by atoms with Gasteiger partial charge in [-0.15, -0.1) is 0 Å². The van der Waals surface area contributed by atoms with Crippen molar-refractivity contribution in [3.05, 3.63) is 35.5 Å². The maximum absolute atomic E-state index is 11.9. The largest absolute Gasteiger partial charge is 0.508 e. The van der Waals surface area contributed by atoms with E-state index in [1.54, 1.807) is 37.4 Å². The average Bonchev–Trinajstić information content (AvgIpc) is 2.61. The van der Waals surface area contributed by atoms with Gasteiger partial charge < -0.3 is 10.2 Å². The van der Waals surface area contributed by atoms with E-state index < -0.39 is 0 Å². The normalized spacial score (nSPS) is 17.4. The number of phenols is 1. The fourth-order valence-electron chi connectivity index (χ4n) is 1.70. The Morgan fingerprint density at radius 2 is 2.00 bits per heavy atom. The molecular formula is C13H14N2O3. The van der Waals surface area contributed by atoms with Crippen molar-refractivity contribution in [1.29, 1.82) is 0 Å². The summed E-state index contributed by atoms with van der Waals surface area (Å²) < 4.78 is 0. The molecule has 1 amide bonds. The van der Waals surface area contributed by atoms with Crippen LogP contribution in [0.3, 0.4) is 0 Å². The number of nitrogens with zero attached hydrogens (tertiary/aromatic N) is 2. The summed E-state index contributed by atoms with van der Waals surface area (Å²) in [5.74, 6) is 0.551. The summed E-state index contributed by atoms with van der Waals surface area (Å²) >= 11 is 0. The number of likely N-dealkylation sites (N-methyl/N-ethyl adjacent to an activating group) is 1. The van der Waals surface area contributed by atoms with Crippen LogP contribution in [-0.4, -0.2) is 40.5 Å². The molecule has 94 valence electrons. The number of carbonyl (C=O) groups is 1. The average molecular weight is 246 g/mol. The standard InChI is InChI=1S/C13H14N2O3/c1-15-12(6-7-16)14-11(13(15)18)8-9-2-4-10(17)5-3-9/h2-5,8,16-17H,6-7H2,1H3/b11-8+. The van der Waals surface area contributed by atoms with Gasteiger partial charge >= 0.3 is 0 Å². The molecule has 0 atom stereocenters. The van der Waals surface area contributed by atoms with Gasteiger partial charge in [0, 0.05) is 13.5 Å². The Morgan fingerprint density at radius 3 is 2.61 bits per heavy atom. The van der Waals surface area contributed by atoms with Gasteiger partial charge in [-0.1, -0.05) is 12.1 Å². The SMILES string of the molecule is CN1C(=O)/C(=C\c2ccc(O)cc2)N=C1CCO. The van der Waals surface area contributed by atoms with E-state index in [1.807, 2.05) is 0 Å². The molecule has 0 aliphatic carbocycles. The number of aliphatic hydroxyl groups excluding tert-OH is 1. The maximum Gasteiger partial charge on any atom is 0.277 e. The minimum atomic E-state index is -0.188. The molecule has 1 aliphatic heterocycles. The van der Waals surface area contributed by atoms with Crippen LogP contribution in [0.15, 0.2) is 35.0 Å². The molecule has 18 heavy (non-hydrogen) atoms. The van der Waals surface area contributed by atoms with E-state index in [2.05, 4.69) is 4.99 Å². The van der Waals surface area contributed by atoms with Gasteiger partial charge in [0.15, 0.2) is 0 Å². The minimum absolute atomic E-state index is 0.0387. The maximum atomic E-state index is 11.9. The number of aromatic hydroxyl groups is 1. The fraction of sp³-hybridized carbons (Fsp3) is 0.231. The summed E-state index contributed by atoms with van der Waals surface area (Å²) in [6, 6.07) is 6.51. The molecule has 1 aromatic rings. The molecule has 0 bridgehead atoms. The summed E-state index contributed by atoms with van der Waals surface area (Å²) in [7, 11) is 1.63. The first-order valence-electron chi connectivity index (χ1n) is 5.59. The molecular weight excluding hydrogens is 232 g/mol. The Balaban J connectivity index is 2.28. The number of carbonyl (C=O) groups excluding carboxylic acids is 1. The van der Waals surface area contributed by atoms with Gasteiger partial charge in [0.05, 0.1) is 6.61 Å². The van der Waals surface area contributed by atoms with Crippen LogP contribution in [0.4, 0.5) is 0 Å². The Bertz CT molecular complexity index is 518. The molecule has 0 spiro atoms. The van der Waals surface area contributed by atoms with Crippen molar-refractivity contribution in [3.63, 3.8) is 0 Å². The first kappa shape index (κ1) is 12.3. The van der Waals surface area contributed by atoms with E-state index in [1.165, 1.54) is 4.90 Å². The van der Waals surface area contributed by atoms with E-state index in [-0.39, 0.29) is 18.3 Å². The highest BCUT2D eigenvalue weighted by Gasteiger charge is 2.25. The fourth-order valence-corrected chi connectivity index (χ4v) is 1.70. The van der Waals surface area contributed by atoms with Crippen LogP contribution in [0, 0.1) is 0 Å². The van der Waals surface area contributed by atoms with Gasteiger partial charge in [0.1, 0.15) is 17.3 Å². The van der Waals surface area contributed by atoms with E-state index >= 15 is 0 Å². The summed E-state index contributed by atoms with van der Waals surface area (Å²) in [6.45, 7) is -0.0387. The number of hydrogen-bond donors (Lipinski definition) is 2. The molecule has 1 aromatic carbocycles. The number of aliphatic hydroxyl groups is 1. The monoisotopic (exact) mass is 246 g/mol. The molecule has 0 radical (unpaired) electrons. The molecule has 0 unspecified atom stereocenters.